The van der Waals surface area contributed by atoms with Crippen molar-refractivity contribution in [1.29, 1.82) is 0 Å². The van der Waals surface area contributed by atoms with Crippen molar-refractivity contribution in [3.05, 3.63) is 12.7 Å². The van der Waals surface area contributed by atoms with Gasteiger partial charge in [-0.25, -0.2) is 0 Å². The predicted molar refractivity (Wildman–Crippen MR) is 114 cm³/mol. The van der Waals surface area contributed by atoms with Crippen LogP contribution in [0.25, 0.3) is 0 Å². The Morgan fingerprint density at radius 2 is 1.86 bits per heavy atom. The first-order chi connectivity index (χ1) is 13.0. The van der Waals surface area contributed by atoms with Gasteiger partial charge in [0, 0.05) is 7.11 Å². The number of hydrogen-bond acceptors (Lipinski definition) is 4. The normalized spacial score (nSPS) is 37.1. The molecule has 2 rings (SSSR count). The van der Waals surface area contributed by atoms with Crippen LogP contribution >= 0.6 is 0 Å². The van der Waals surface area contributed by atoms with E-state index >= 15 is 0 Å². The van der Waals surface area contributed by atoms with E-state index in [9.17, 15) is 5.11 Å². The van der Waals surface area contributed by atoms with E-state index < -0.39 is 11.2 Å². The van der Waals surface area contributed by atoms with E-state index in [1.54, 1.807) is 7.11 Å². The molecule has 5 atom stereocenters. The van der Waals surface area contributed by atoms with Crippen LogP contribution in [0.1, 0.15) is 79.6 Å². The van der Waals surface area contributed by atoms with Crippen LogP contribution in [-0.2, 0) is 14.2 Å². The maximum atomic E-state index is 11.3. The maximum Gasteiger partial charge on any atom is 0.147 e. The summed E-state index contributed by atoms with van der Waals surface area (Å²) in [6.45, 7) is 16.8. The number of rotatable bonds is 10. The molecule has 3 unspecified atom stereocenters. The third-order valence-electron chi connectivity index (χ3n) is 8.03. The molecule has 4 nitrogen and oxygen atoms in total. The molecular formula is C24H44O4. The molecule has 0 aromatic heterocycles. The van der Waals surface area contributed by atoms with Crippen molar-refractivity contribution in [2.24, 2.45) is 22.7 Å². The van der Waals surface area contributed by atoms with Crippen molar-refractivity contribution >= 4 is 0 Å². The standard InChI is InChI=1S/C24H44O4/c1-8-22(4,28-18-27-17-16-26-7)14-10-20-23(5)13-9-12-21(2,3)19(23)11-15-24(20,6)25/h8,19-20,25H,1,9-18H2,2-7H3/t19?,20-,22?,23+,24?/m1/s1. The highest BCUT2D eigenvalue weighted by Crippen LogP contribution is 2.63. The van der Waals surface area contributed by atoms with Gasteiger partial charge in [0.1, 0.15) is 6.79 Å². The molecule has 2 aliphatic rings. The zero-order valence-electron chi connectivity index (χ0n) is 19.2. The third-order valence-corrected chi connectivity index (χ3v) is 8.03. The van der Waals surface area contributed by atoms with Crippen molar-refractivity contribution in [3.63, 3.8) is 0 Å². The van der Waals surface area contributed by atoms with Crippen LogP contribution in [-0.4, -0.2) is 43.4 Å². The van der Waals surface area contributed by atoms with Gasteiger partial charge in [-0.15, -0.1) is 6.58 Å². The molecule has 0 radical (unpaired) electrons. The van der Waals surface area contributed by atoms with Gasteiger partial charge in [-0.1, -0.05) is 33.3 Å². The average molecular weight is 397 g/mol. The number of hydrogen-bond donors (Lipinski definition) is 1. The number of fused-ring (bicyclic) bond motifs is 1. The average Bonchev–Trinajstić information content (AvgIpc) is 2.59. The summed E-state index contributed by atoms with van der Waals surface area (Å²) in [7, 11) is 1.66. The van der Waals surface area contributed by atoms with Gasteiger partial charge in [0.25, 0.3) is 0 Å². The molecule has 0 aromatic rings. The lowest BCUT2D eigenvalue weighted by atomic mass is 9.45. The molecule has 0 spiro atoms. The van der Waals surface area contributed by atoms with Crippen molar-refractivity contribution in [3.8, 4) is 0 Å². The minimum Gasteiger partial charge on any atom is -0.390 e. The molecule has 0 saturated heterocycles. The van der Waals surface area contributed by atoms with Crippen LogP contribution in [0.15, 0.2) is 12.7 Å². The van der Waals surface area contributed by atoms with E-state index in [2.05, 4.69) is 41.2 Å². The molecule has 2 saturated carbocycles. The highest BCUT2D eigenvalue weighted by molar-refractivity contribution is 5.08. The van der Waals surface area contributed by atoms with Crippen LogP contribution in [0.5, 0.6) is 0 Å². The summed E-state index contributed by atoms with van der Waals surface area (Å²) in [6.07, 6.45) is 9.47. The summed E-state index contributed by atoms with van der Waals surface area (Å²) in [5.41, 5.74) is -0.526. The minimum atomic E-state index is -0.615. The molecule has 0 bridgehead atoms. The summed E-state index contributed by atoms with van der Waals surface area (Å²) in [4.78, 5) is 0. The van der Waals surface area contributed by atoms with E-state index in [-0.39, 0.29) is 18.1 Å². The summed E-state index contributed by atoms with van der Waals surface area (Å²) in [6, 6.07) is 0. The lowest BCUT2D eigenvalue weighted by Gasteiger charge is -2.61. The van der Waals surface area contributed by atoms with Gasteiger partial charge in [0.2, 0.25) is 0 Å². The molecule has 0 heterocycles. The second-order valence-electron chi connectivity index (χ2n) is 10.6. The Morgan fingerprint density at radius 3 is 2.50 bits per heavy atom. The zero-order chi connectivity index (χ0) is 21.1. The first kappa shape index (κ1) is 23.9. The molecule has 0 aliphatic heterocycles. The highest BCUT2D eigenvalue weighted by atomic mass is 16.7. The van der Waals surface area contributed by atoms with Gasteiger partial charge in [-0.2, -0.15) is 0 Å². The van der Waals surface area contributed by atoms with Crippen molar-refractivity contribution in [2.75, 3.05) is 27.1 Å². The highest BCUT2D eigenvalue weighted by Gasteiger charge is 2.57. The first-order valence-electron chi connectivity index (χ1n) is 11.1. The van der Waals surface area contributed by atoms with Crippen LogP contribution in [0, 0.1) is 22.7 Å². The fourth-order valence-corrected chi connectivity index (χ4v) is 6.31. The smallest absolute Gasteiger partial charge is 0.147 e. The van der Waals surface area contributed by atoms with Gasteiger partial charge in [0.15, 0.2) is 0 Å². The van der Waals surface area contributed by atoms with E-state index in [1.807, 2.05) is 6.08 Å². The van der Waals surface area contributed by atoms with Crippen LogP contribution in [0.3, 0.4) is 0 Å². The predicted octanol–water partition coefficient (Wildman–Crippen LogP) is 5.34. The van der Waals surface area contributed by atoms with Gasteiger partial charge < -0.3 is 19.3 Å². The van der Waals surface area contributed by atoms with Crippen molar-refractivity contribution < 1.29 is 19.3 Å². The SMILES string of the molecule is C=CC(C)(CC[C@H]1C(C)(O)CCC2C(C)(C)CCC[C@@]21C)OCOCCOC. The van der Waals surface area contributed by atoms with E-state index in [1.165, 1.54) is 19.3 Å². The van der Waals surface area contributed by atoms with E-state index in [0.29, 0.717) is 24.5 Å². The summed E-state index contributed by atoms with van der Waals surface area (Å²) in [5.74, 6) is 0.947. The lowest BCUT2D eigenvalue weighted by molar-refractivity contribution is -0.176. The number of methoxy groups -OCH3 is 1. The molecular weight excluding hydrogens is 352 g/mol. The van der Waals surface area contributed by atoms with E-state index in [0.717, 1.165) is 25.7 Å². The molecule has 2 aliphatic carbocycles. The van der Waals surface area contributed by atoms with Gasteiger partial charge in [-0.05, 0) is 75.0 Å². The van der Waals surface area contributed by atoms with Gasteiger partial charge >= 0.3 is 0 Å². The topological polar surface area (TPSA) is 47.9 Å². The lowest BCUT2D eigenvalue weighted by Crippen LogP contribution is -2.57. The summed E-state index contributed by atoms with van der Waals surface area (Å²) >= 11 is 0. The minimum absolute atomic E-state index is 0.181. The van der Waals surface area contributed by atoms with Crippen molar-refractivity contribution in [1.82, 2.24) is 0 Å². The second-order valence-corrected chi connectivity index (χ2v) is 10.6. The summed E-state index contributed by atoms with van der Waals surface area (Å²) < 4.78 is 16.5. The zero-order valence-corrected chi connectivity index (χ0v) is 19.2. The number of ether oxygens (including phenoxy) is 3. The maximum absolute atomic E-state index is 11.3. The Balaban J connectivity index is 2.07. The Labute approximate surface area is 173 Å². The van der Waals surface area contributed by atoms with Gasteiger partial charge in [0.05, 0.1) is 24.4 Å². The van der Waals surface area contributed by atoms with Crippen LogP contribution in [0.2, 0.25) is 0 Å². The Kier molecular flexibility index (Phi) is 7.80. The molecule has 2 fully saturated rings. The second kappa shape index (κ2) is 9.16. The van der Waals surface area contributed by atoms with Gasteiger partial charge in [-0.3, -0.25) is 0 Å². The monoisotopic (exact) mass is 396 g/mol. The largest absolute Gasteiger partial charge is 0.390 e. The molecule has 164 valence electrons. The quantitative estimate of drug-likeness (QED) is 0.307. The Bertz CT molecular complexity index is 515. The fraction of sp³-hybridized carbons (Fsp3) is 0.917. The van der Waals surface area contributed by atoms with E-state index in [4.69, 9.17) is 14.2 Å². The van der Waals surface area contributed by atoms with Crippen LogP contribution in [0.4, 0.5) is 0 Å². The first-order valence-corrected chi connectivity index (χ1v) is 11.1. The number of aliphatic hydroxyl groups is 1. The van der Waals surface area contributed by atoms with Crippen molar-refractivity contribution in [2.45, 2.75) is 90.8 Å². The Hall–Kier alpha value is -0.420. The third kappa shape index (κ3) is 5.19. The molecule has 28 heavy (non-hydrogen) atoms. The molecule has 0 aromatic carbocycles. The molecule has 4 heteroatoms. The summed E-state index contributed by atoms with van der Waals surface area (Å²) in [5, 5.41) is 11.3. The fourth-order valence-electron chi connectivity index (χ4n) is 6.31. The molecule has 0 amide bonds. The van der Waals surface area contributed by atoms with Crippen LogP contribution < -0.4 is 0 Å². The Morgan fingerprint density at radius 1 is 1.14 bits per heavy atom. The molecule has 1 N–H and O–H groups in total.